The van der Waals surface area contributed by atoms with Gasteiger partial charge >= 0.3 is 0 Å². The SMILES string of the molecule is CSCCC(=O)N(C)[C@H](Cc1ccccc1F)C1CCN(C(=O)CC2=CCCCC2)CC1. The van der Waals surface area contributed by atoms with Crippen LogP contribution >= 0.6 is 11.8 Å². The highest BCUT2D eigenvalue weighted by Gasteiger charge is 2.33. The summed E-state index contributed by atoms with van der Waals surface area (Å²) in [5.74, 6) is 1.18. The molecule has 0 bridgehead atoms. The van der Waals surface area contributed by atoms with E-state index in [1.807, 2.05) is 35.2 Å². The third-order valence-electron chi connectivity index (χ3n) is 7.00. The molecule has 0 spiro atoms. The largest absolute Gasteiger partial charge is 0.342 e. The van der Waals surface area contributed by atoms with Gasteiger partial charge < -0.3 is 9.80 Å². The molecular weight excluding hydrogens is 423 g/mol. The van der Waals surface area contributed by atoms with Crippen molar-refractivity contribution in [1.82, 2.24) is 9.80 Å². The summed E-state index contributed by atoms with van der Waals surface area (Å²) in [7, 11) is 1.86. The van der Waals surface area contributed by atoms with Crippen molar-refractivity contribution in [3.8, 4) is 0 Å². The highest BCUT2D eigenvalue weighted by Crippen LogP contribution is 2.29. The van der Waals surface area contributed by atoms with Crippen LogP contribution in [0.4, 0.5) is 4.39 Å². The van der Waals surface area contributed by atoms with Crippen molar-refractivity contribution >= 4 is 23.6 Å². The second-order valence-corrected chi connectivity index (χ2v) is 10.1. The van der Waals surface area contributed by atoms with E-state index in [-0.39, 0.29) is 29.6 Å². The molecule has 1 aromatic rings. The third kappa shape index (κ3) is 6.84. The molecule has 0 radical (unpaired) electrons. The molecule has 2 amide bonds. The zero-order valence-corrected chi connectivity index (χ0v) is 20.3. The Morgan fingerprint density at radius 1 is 1.22 bits per heavy atom. The molecule has 0 N–H and O–H groups in total. The number of hydrogen-bond donors (Lipinski definition) is 0. The van der Waals surface area contributed by atoms with Gasteiger partial charge in [0.2, 0.25) is 11.8 Å². The fourth-order valence-corrected chi connectivity index (χ4v) is 5.34. The first-order valence-electron chi connectivity index (χ1n) is 11.9. The summed E-state index contributed by atoms with van der Waals surface area (Å²) in [4.78, 5) is 29.4. The van der Waals surface area contributed by atoms with Crippen LogP contribution in [0.2, 0.25) is 0 Å². The lowest BCUT2D eigenvalue weighted by Gasteiger charge is -2.40. The number of benzene rings is 1. The lowest BCUT2D eigenvalue weighted by Crippen LogP contribution is -2.48. The summed E-state index contributed by atoms with van der Waals surface area (Å²) in [6, 6.07) is 6.81. The normalized spacial score (nSPS) is 18.2. The molecule has 2 aliphatic rings. The maximum Gasteiger partial charge on any atom is 0.226 e. The van der Waals surface area contributed by atoms with E-state index in [1.165, 1.54) is 24.5 Å². The van der Waals surface area contributed by atoms with E-state index in [0.717, 1.165) is 44.5 Å². The minimum absolute atomic E-state index is 0.0560. The monoisotopic (exact) mass is 460 g/mol. The van der Waals surface area contributed by atoms with Gasteiger partial charge in [0.15, 0.2) is 0 Å². The number of amides is 2. The van der Waals surface area contributed by atoms with Crippen LogP contribution in [-0.2, 0) is 16.0 Å². The van der Waals surface area contributed by atoms with E-state index in [1.54, 1.807) is 17.8 Å². The third-order valence-corrected chi connectivity index (χ3v) is 7.61. The van der Waals surface area contributed by atoms with E-state index in [2.05, 4.69) is 6.08 Å². The Bertz CT molecular complexity index is 805. The topological polar surface area (TPSA) is 40.6 Å². The zero-order valence-electron chi connectivity index (χ0n) is 19.5. The summed E-state index contributed by atoms with van der Waals surface area (Å²) in [6.07, 6.45) is 12.1. The van der Waals surface area contributed by atoms with E-state index in [4.69, 9.17) is 0 Å². The van der Waals surface area contributed by atoms with Crippen molar-refractivity contribution in [2.45, 2.75) is 63.8 Å². The molecule has 1 atom stereocenters. The van der Waals surface area contributed by atoms with Crippen molar-refractivity contribution in [3.63, 3.8) is 0 Å². The molecule has 1 fully saturated rings. The van der Waals surface area contributed by atoms with Crippen LogP contribution in [0, 0.1) is 11.7 Å². The van der Waals surface area contributed by atoms with E-state index in [9.17, 15) is 14.0 Å². The molecule has 0 aromatic heterocycles. The minimum Gasteiger partial charge on any atom is -0.342 e. The van der Waals surface area contributed by atoms with Crippen LogP contribution in [0.5, 0.6) is 0 Å². The van der Waals surface area contributed by atoms with Gasteiger partial charge in [-0.2, -0.15) is 11.8 Å². The molecule has 1 aromatic carbocycles. The number of likely N-dealkylation sites (N-methyl/N-ethyl adjacent to an activating group) is 1. The van der Waals surface area contributed by atoms with Gasteiger partial charge in [0.1, 0.15) is 5.82 Å². The molecule has 3 rings (SSSR count). The minimum atomic E-state index is -0.212. The van der Waals surface area contributed by atoms with Gasteiger partial charge in [-0.1, -0.05) is 29.8 Å². The van der Waals surface area contributed by atoms with Gasteiger partial charge in [-0.15, -0.1) is 0 Å². The molecule has 4 nitrogen and oxygen atoms in total. The highest BCUT2D eigenvalue weighted by molar-refractivity contribution is 7.98. The molecule has 176 valence electrons. The summed E-state index contributed by atoms with van der Waals surface area (Å²) in [5.41, 5.74) is 1.95. The zero-order chi connectivity index (χ0) is 22.9. The van der Waals surface area contributed by atoms with Crippen LogP contribution in [0.25, 0.3) is 0 Å². The Balaban J connectivity index is 1.64. The average Bonchev–Trinajstić information content (AvgIpc) is 2.82. The maximum absolute atomic E-state index is 14.4. The molecule has 0 saturated carbocycles. The van der Waals surface area contributed by atoms with Gasteiger partial charge in [-0.25, -0.2) is 4.39 Å². The lowest BCUT2D eigenvalue weighted by molar-refractivity contribution is -0.135. The number of piperidine rings is 1. The van der Waals surface area contributed by atoms with Crippen LogP contribution in [0.15, 0.2) is 35.9 Å². The summed E-state index contributed by atoms with van der Waals surface area (Å²) in [6.45, 7) is 1.44. The van der Waals surface area contributed by atoms with Gasteiger partial charge in [-0.3, -0.25) is 9.59 Å². The van der Waals surface area contributed by atoms with Crippen molar-refractivity contribution in [2.75, 3.05) is 32.1 Å². The van der Waals surface area contributed by atoms with Gasteiger partial charge in [-0.05, 0) is 68.7 Å². The Morgan fingerprint density at radius 3 is 2.62 bits per heavy atom. The molecule has 1 aliphatic heterocycles. The lowest BCUT2D eigenvalue weighted by atomic mass is 9.84. The molecule has 1 aliphatic carbocycles. The molecule has 1 saturated heterocycles. The van der Waals surface area contributed by atoms with E-state index >= 15 is 0 Å². The first-order valence-corrected chi connectivity index (χ1v) is 13.3. The van der Waals surface area contributed by atoms with Gasteiger partial charge in [0, 0.05) is 44.8 Å². The number of hydrogen-bond acceptors (Lipinski definition) is 3. The molecular formula is C26H37FN2O2S. The van der Waals surface area contributed by atoms with Crippen LogP contribution in [0.1, 0.15) is 56.9 Å². The smallest absolute Gasteiger partial charge is 0.226 e. The van der Waals surface area contributed by atoms with Crippen LogP contribution in [0.3, 0.4) is 0 Å². The second kappa shape index (κ2) is 12.4. The van der Waals surface area contributed by atoms with E-state index < -0.39 is 0 Å². The van der Waals surface area contributed by atoms with Crippen molar-refractivity contribution in [2.24, 2.45) is 5.92 Å². The van der Waals surface area contributed by atoms with E-state index in [0.29, 0.717) is 24.8 Å². The molecule has 0 unspecified atom stereocenters. The first-order chi connectivity index (χ1) is 15.5. The predicted molar refractivity (Wildman–Crippen MR) is 130 cm³/mol. The van der Waals surface area contributed by atoms with Crippen molar-refractivity contribution in [3.05, 3.63) is 47.3 Å². The number of nitrogens with zero attached hydrogens (tertiary/aromatic N) is 2. The Labute approximate surface area is 196 Å². The Hall–Kier alpha value is -1.82. The maximum atomic E-state index is 14.4. The number of likely N-dealkylation sites (tertiary alicyclic amines) is 1. The molecule has 6 heteroatoms. The molecule has 32 heavy (non-hydrogen) atoms. The quantitative estimate of drug-likeness (QED) is 0.483. The standard InChI is InChI=1S/C26H37FN2O2S/c1-28(25(30)14-17-32-2)24(19-22-10-6-7-11-23(22)27)21-12-15-29(16-13-21)26(31)18-20-8-4-3-5-9-20/h6-8,10-11,21,24H,3-5,9,12-19H2,1-2H3/t24-/m1/s1. The number of thioether (sulfide) groups is 1. The average molecular weight is 461 g/mol. The highest BCUT2D eigenvalue weighted by atomic mass is 32.2. The predicted octanol–water partition coefficient (Wildman–Crippen LogP) is 5.08. The van der Waals surface area contributed by atoms with Gasteiger partial charge in [0.05, 0.1) is 0 Å². The summed E-state index contributed by atoms with van der Waals surface area (Å²) in [5, 5.41) is 0. The number of carbonyl (C=O) groups excluding carboxylic acids is 2. The number of allylic oxidation sites excluding steroid dienone is 1. The summed E-state index contributed by atoms with van der Waals surface area (Å²) < 4.78 is 14.4. The van der Waals surface area contributed by atoms with Crippen LogP contribution < -0.4 is 0 Å². The fourth-order valence-electron chi connectivity index (χ4n) is 4.96. The van der Waals surface area contributed by atoms with Crippen molar-refractivity contribution in [1.29, 1.82) is 0 Å². The van der Waals surface area contributed by atoms with Crippen molar-refractivity contribution < 1.29 is 14.0 Å². The number of rotatable bonds is 9. The fraction of sp³-hybridized carbons (Fsp3) is 0.615. The second-order valence-electron chi connectivity index (χ2n) is 9.11. The Morgan fingerprint density at radius 2 is 1.97 bits per heavy atom. The number of halogens is 1. The number of carbonyl (C=O) groups is 2. The van der Waals surface area contributed by atoms with Crippen LogP contribution in [-0.4, -0.2) is 59.8 Å². The summed E-state index contributed by atoms with van der Waals surface area (Å²) >= 11 is 1.66. The Kier molecular flexibility index (Phi) is 9.64. The molecule has 1 heterocycles. The van der Waals surface area contributed by atoms with Gasteiger partial charge in [0.25, 0.3) is 0 Å². The first kappa shape index (κ1) is 24.8.